The molecule has 0 unspecified atom stereocenters. The Balaban J connectivity index is 1.83. The van der Waals surface area contributed by atoms with E-state index >= 15 is 0 Å². The summed E-state index contributed by atoms with van der Waals surface area (Å²) < 4.78 is 32.7. The fraction of sp³-hybridized carbons (Fsp3) is 0.579. The van der Waals surface area contributed by atoms with Crippen molar-refractivity contribution in [3.63, 3.8) is 0 Å². The Morgan fingerprint density at radius 3 is 2.76 bits per heavy atom. The van der Waals surface area contributed by atoms with Crippen LogP contribution < -0.4 is 0 Å². The zero-order valence-corrected chi connectivity index (χ0v) is 15.6. The van der Waals surface area contributed by atoms with Crippen molar-refractivity contribution >= 4 is 15.8 Å². The molecule has 5 nitrogen and oxygen atoms in total. The first-order valence-corrected chi connectivity index (χ1v) is 10.2. The number of ketones is 1. The largest absolute Gasteiger partial charge is 0.469 e. The molecule has 3 rings (SSSR count). The summed E-state index contributed by atoms with van der Waals surface area (Å²) in [6, 6.07) is 3.58. The topological polar surface area (TPSA) is 67.6 Å². The highest BCUT2D eigenvalue weighted by atomic mass is 32.2. The molecule has 0 N–H and O–H groups in total. The van der Waals surface area contributed by atoms with Crippen LogP contribution in [0.15, 0.2) is 41.3 Å². The average molecular weight is 363 g/mol. The van der Waals surface area contributed by atoms with Gasteiger partial charge < -0.3 is 4.42 Å². The summed E-state index contributed by atoms with van der Waals surface area (Å²) >= 11 is 0. The van der Waals surface area contributed by atoms with Crippen molar-refractivity contribution in [2.75, 3.05) is 12.3 Å². The van der Waals surface area contributed by atoms with Crippen LogP contribution in [-0.4, -0.2) is 30.8 Å². The van der Waals surface area contributed by atoms with E-state index in [1.165, 1.54) is 10.5 Å². The van der Waals surface area contributed by atoms with E-state index in [9.17, 15) is 13.2 Å². The van der Waals surface area contributed by atoms with Crippen molar-refractivity contribution in [1.29, 1.82) is 0 Å². The van der Waals surface area contributed by atoms with Crippen LogP contribution in [0.25, 0.3) is 0 Å². The number of hydrogen-bond acceptors (Lipinski definition) is 4. The molecule has 0 saturated heterocycles. The lowest BCUT2D eigenvalue weighted by Gasteiger charge is -2.37. The number of furan rings is 1. The molecule has 0 aromatic carbocycles. The molecular weight excluding hydrogens is 338 g/mol. The van der Waals surface area contributed by atoms with Gasteiger partial charge in [0.1, 0.15) is 11.5 Å². The predicted molar refractivity (Wildman–Crippen MR) is 95.2 cm³/mol. The van der Waals surface area contributed by atoms with Gasteiger partial charge in [0, 0.05) is 19.4 Å². The van der Waals surface area contributed by atoms with E-state index in [0.29, 0.717) is 30.9 Å². The lowest BCUT2D eigenvalue weighted by molar-refractivity contribution is -0.128. The van der Waals surface area contributed by atoms with Gasteiger partial charge in [0.25, 0.3) is 0 Å². The third-order valence-corrected chi connectivity index (χ3v) is 8.18. The molecule has 136 valence electrons. The second-order valence-electron chi connectivity index (χ2n) is 7.70. The van der Waals surface area contributed by atoms with Crippen molar-refractivity contribution in [1.82, 2.24) is 4.31 Å². The fourth-order valence-electron chi connectivity index (χ4n) is 4.56. The Bertz CT molecular complexity index is 802. The Labute approximate surface area is 149 Å². The molecule has 2 saturated carbocycles. The molecule has 25 heavy (non-hydrogen) atoms. The van der Waals surface area contributed by atoms with E-state index in [1.54, 1.807) is 12.3 Å². The molecule has 0 amide bonds. The number of rotatable bonds is 7. The first-order valence-electron chi connectivity index (χ1n) is 8.64. The lowest BCUT2D eigenvalue weighted by atomic mass is 9.70. The zero-order valence-electron chi connectivity index (χ0n) is 14.8. The van der Waals surface area contributed by atoms with Crippen molar-refractivity contribution in [2.45, 2.75) is 39.5 Å². The first kappa shape index (κ1) is 18.0. The average Bonchev–Trinajstić information content (AvgIpc) is 3.17. The minimum Gasteiger partial charge on any atom is -0.469 e. The van der Waals surface area contributed by atoms with E-state index in [0.717, 1.165) is 6.42 Å². The van der Waals surface area contributed by atoms with Crippen LogP contribution in [0.5, 0.6) is 0 Å². The molecule has 2 aliphatic rings. The van der Waals surface area contributed by atoms with Crippen molar-refractivity contribution in [3.05, 3.63) is 42.7 Å². The second kappa shape index (κ2) is 6.19. The molecule has 0 radical (unpaired) electrons. The molecule has 1 heterocycles. The van der Waals surface area contributed by atoms with E-state index < -0.39 is 15.4 Å². The van der Waals surface area contributed by atoms with Crippen LogP contribution in [0.3, 0.4) is 0 Å². The lowest BCUT2D eigenvalue weighted by Crippen LogP contribution is -2.45. The molecule has 6 heteroatoms. The molecule has 2 atom stereocenters. The first-order chi connectivity index (χ1) is 11.7. The Hall–Kier alpha value is -1.78. The van der Waals surface area contributed by atoms with E-state index in [2.05, 4.69) is 12.3 Å². The van der Waals surface area contributed by atoms with Crippen molar-refractivity contribution < 1.29 is 17.6 Å². The maximum atomic E-state index is 13.1. The third kappa shape index (κ3) is 2.87. The van der Waals surface area contributed by atoms with Crippen molar-refractivity contribution in [3.8, 4) is 0 Å². The molecule has 0 spiro atoms. The van der Waals surface area contributed by atoms with Crippen LogP contribution in [0.2, 0.25) is 0 Å². The van der Waals surface area contributed by atoms with Gasteiger partial charge in [0.05, 0.1) is 23.6 Å². The molecular formula is C19H25NO4S. The van der Waals surface area contributed by atoms with Crippen LogP contribution >= 0.6 is 0 Å². The highest BCUT2D eigenvalue weighted by molar-refractivity contribution is 7.89. The SMILES string of the molecule is C=C=CN(CCc1ccco1)S(=O)(=O)C[C@]12CC[C@H](CC1=O)C2(C)C. The number of fused-ring (bicyclic) bond motifs is 2. The molecule has 1 aromatic rings. The van der Waals surface area contributed by atoms with Crippen LogP contribution in [0.4, 0.5) is 0 Å². The summed E-state index contributed by atoms with van der Waals surface area (Å²) in [6.07, 6.45) is 5.47. The van der Waals surface area contributed by atoms with Gasteiger partial charge in [-0.2, -0.15) is 0 Å². The normalized spacial score (nSPS) is 27.3. The summed E-state index contributed by atoms with van der Waals surface area (Å²) in [5, 5.41) is 0. The number of sulfonamides is 1. The number of carbonyl (C=O) groups is 1. The van der Waals surface area contributed by atoms with Crippen LogP contribution in [-0.2, 0) is 21.2 Å². The summed E-state index contributed by atoms with van der Waals surface area (Å²) in [6.45, 7) is 7.83. The highest BCUT2D eigenvalue weighted by Gasteiger charge is 2.65. The monoisotopic (exact) mass is 363 g/mol. The minimum absolute atomic E-state index is 0.103. The molecule has 2 bridgehead atoms. The quantitative estimate of drug-likeness (QED) is 0.698. The number of hydrogen-bond donors (Lipinski definition) is 0. The second-order valence-corrected chi connectivity index (χ2v) is 9.62. The van der Waals surface area contributed by atoms with Gasteiger partial charge in [-0.25, -0.2) is 8.42 Å². The summed E-state index contributed by atoms with van der Waals surface area (Å²) in [5.41, 5.74) is 1.51. The zero-order chi connectivity index (χ0) is 18.3. The summed E-state index contributed by atoms with van der Waals surface area (Å²) in [5.74, 6) is 0.972. The van der Waals surface area contributed by atoms with Gasteiger partial charge in [-0.1, -0.05) is 20.4 Å². The fourth-order valence-corrected chi connectivity index (χ4v) is 6.63. The number of carbonyl (C=O) groups excluding carboxylic acids is 1. The molecule has 2 aliphatic carbocycles. The van der Waals surface area contributed by atoms with Gasteiger partial charge >= 0.3 is 0 Å². The predicted octanol–water partition coefficient (Wildman–Crippen LogP) is 3.15. The van der Waals surface area contributed by atoms with Crippen molar-refractivity contribution in [2.24, 2.45) is 16.7 Å². The maximum Gasteiger partial charge on any atom is 0.236 e. The van der Waals surface area contributed by atoms with Gasteiger partial charge in [-0.05, 0) is 36.3 Å². The molecule has 1 aromatic heterocycles. The highest BCUT2D eigenvalue weighted by Crippen LogP contribution is 2.64. The molecule has 0 aliphatic heterocycles. The number of nitrogens with zero attached hydrogens (tertiary/aromatic N) is 1. The van der Waals surface area contributed by atoms with Gasteiger partial charge in [0.15, 0.2) is 0 Å². The van der Waals surface area contributed by atoms with Gasteiger partial charge in [-0.3, -0.25) is 9.10 Å². The van der Waals surface area contributed by atoms with E-state index in [-0.39, 0.29) is 23.5 Å². The summed E-state index contributed by atoms with van der Waals surface area (Å²) in [7, 11) is -3.66. The van der Waals surface area contributed by atoms with Gasteiger partial charge in [-0.15, -0.1) is 5.73 Å². The van der Waals surface area contributed by atoms with Crippen LogP contribution in [0, 0.1) is 16.7 Å². The Morgan fingerprint density at radius 2 is 2.24 bits per heavy atom. The maximum absolute atomic E-state index is 13.1. The van der Waals surface area contributed by atoms with E-state index in [4.69, 9.17) is 4.42 Å². The number of Topliss-reactive ketones (excluding diaryl/α,β-unsaturated/α-hetero) is 1. The van der Waals surface area contributed by atoms with Gasteiger partial charge in [0.2, 0.25) is 10.0 Å². The minimum atomic E-state index is -3.66. The Kier molecular flexibility index (Phi) is 4.46. The van der Waals surface area contributed by atoms with Crippen LogP contribution in [0.1, 0.15) is 38.9 Å². The summed E-state index contributed by atoms with van der Waals surface area (Å²) in [4.78, 5) is 12.6. The third-order valence-electron chi connectivity index (χ3n) is 6.32. The smallest absolute Gasteiger partial charge is 0.236 e. The molecule has 2 fully saturated rings. The standard InChI is InChI=1S/C19H25NO4S/c1-4-10-20(11-8-16-6-5-12-24-16)25(22,23)14-19-9-7-15(13-17(19)21)18(19,2)3/h5-6,10,12,15H,1,7-9,11,13-14H2,2-3H3/t15-,19-/m1/s1. The Morgan fingerprint density at radius 1 is 1.48 bits per heavy atom. The van der Waals surface area contributed by atoms with E-state index in [1.807, 2.05) is 19.9 Å².